The van der Waals surface area contributed by atoms with Crippen molar-refractivity contribution in [3.63, 3.8) is 0 Å². The normalized spacial score (nSPS) is 18.6. The predicted molar refractivity (Wildman–Crippen MR) is 122 cm³/mol. The van der Waals surface area contributed by atoms with Gasteiger partial charge in [0.15, 0.2) is 11.5 Å². The Kier molecular flexibility index (Phi) is 5.18. The molecule has 166 valence electrons. The second-order valence-electron chi connectivity index (χ2n) is 7.47. The van der Waals surface area contributed by atoms with E-state index in [-0.39, 0.29) is 23.1 Å². The van der Waals surface area contributed by atoms with Crippen LogP contribution in [0.5, 0.6) is 17.2 Å². The van der Waals surface area contributed by atoms with Gasteiger partial charge in [0.2, 0.25) is 6.79 Å². The highest BCUT2D eigenvalue weighted by Crippen LogP contribution is 2.45. The molecule has 7 nitrogen and oxygen atoms in total. The van der Waals surface area contributed by atoms with E-state index in [1.165, 1.54) is 18.1 Å². The van der Waals surface area contributed by atoms with Gasteiger partial charge in [0.1, 0.15) is 11.5 Å². The van der Waals surface area contributed by atoms with Crippen LogP contribution < -0.4 is 19.1 Å². The van der Waals surface area contributed by atoms with Crippen LogP contribution >= 0.6 is 11.6 Å². The number of halogens is 1. The number of rotatable bonds is 4. The molecule has 1 unspecified atom stereocenters. The molecular weight excluding hydrogens is 446 g/mol. The van der Waals surface area contributed by atoms with Gasteiger partial charge in [0.25, 0.3) is 11.7 Å². The maximum atomic E-state index is 13.2. The van der Waals surface area contributed by atoms with Crippen molar-refractivity contribution in [3.05, 3.63) is 88.5 Å². The molecule has 1 N–H and O–H groups in total. The number of amides is 1. The lowest BCUT2D eigenvalue weighted by molar-refractivity contribution is -0.132. The van der Waals surface area contributed by atoms with E-state index in [1.54, 1.807) is 54.6 Å². The fraction of sp³-hybridized carbons (Fsp3) is 0.120. The van der Waals surface area contributed by atoms with Crippen molar-refractivity contribution < 1.29 is 28.9 Å². The average Bonchev–Trinajstić information content (AvgIpc) is 3.41. The Hall–Kier alpha value is -3.97. The van der Waals surface area contributed by atoms with Gasteiger partial charge in [-0.1, -0.05) is 41.9 Å². The van der Waals surface area contributed by atoms with Crippen molar-refractivity contribution in [1.82, 2.24) is 0 Å². The van der Waals surface area contributed by atoms with Gasteiger partial charge in [-0.15, -0.1) is 0 Å². The van der Waals surface area contributed by atoms with Crippen molar-refractivity contribution in [2.24, 2.45) is 0 Å². The molecular formula is C25H18ClNO6. The first-order valence-corrected chi connectivity index (χ1v) is 10.5. The maximum absolute atomic E-state index is 13.2. The zero-order valence-corrected chi connectivity index (χ0v) is 18.2. The van der Waals surface area contributed by atoms with Gasteiger partial charge in [0, 0.05) is 17.3 Å². The van der Waals surface area contributed by atoms with Crippen molar-refractivity contribution in [2.45, 2.75) is 6.04 Å². The molecule has 0 saturated carbocycles. The highest BCUT2D eigenvalue weighted by molar-refractivity contribution is 6.51. The van der Waals surface area contributed by atoms with Crippen LogP contribution in [0.25, 0.3) is 5.76 Å². The third kappa shape index (κ3) is 3.47. The van der Waals surface area contributed by atoms with Crippen molar-refractivity contribution in [2.75, 3.05) is 18.8 Å². The number of anilines is 1. The Morgan fingerprint density at radius 2 is 1.79 bits per heavy atom. The Morgan fingerprint density at radius 3 is 2.52 bits per heavy atom. The highest BCUT2D eigenvalue weighted by Gasteiger charge is 2.47. The van der Waals surface area contributed by atoms with Crippen LogP contribution in [0.4, 0.5) is 5.69 Å². The summed E-state index contributed by atoms with van der Waals surface area (Å²) >= 11 is 6.23. The van der Waals surface area contributed by atoms with Gasteiger partial charge in [0.05, 0.1) is 23.7 Å². The first kappa shape index (κ1) is 20.9. The standard InChI is InChI=1S/C25H18ClNO6/c1-31-18-9-7-15(11-17(18)26)23(28)21-22(14-5-3-2-4-6-14)27(25(30)24(21)29)16-8-10-19-20(12-16)33-13-32-19/h2-12,22,28H,13H2,1H3/b23-21+. The van der Waals surface area contributed by atoms with E-state index in [0.717, 1.165) is 0 Å². The lowest BCUT2D eigenvalue weighted by Crippen LogP contribution is -2.29. The molecule has 0 bridgehead atoms. The molecule has 1 atom stereocenters. The van der Waals surface area contributed by atoms with E-state index >= 15 is 0 Å². The molecule has 1 fully saturated rings. The predicted octanol–water partition coefficient (Wildman–Crippen LogP) is 4.70. The van der Waals surface area contributed by atoms with E-state index in [0.29, 0.717) is 34.1 Å². The van der Waals surface area contributed by atoms with Crippen LogP contribution in [-0.4, -0.2) is 30.7 Å². The number of aliphatic hydroxyl groups is 1. The highest BCUT2D eigenvalue weighted by atomic mass is 35.5. The first-order chi connectivity index (χ1) is 16.0. The molecule has 0 radical (unpaired) electrons. The summed E-state index contributed by atoms with van der Waals surface area (Å²) in [5.41, 5.74) is 1.37. The first-order valence-electron chi connectivity index (χ1n) is 10.1. The van der Waals surface area contributed by atoms with Crippen LogP contribution in [0, 0.1) is 0 Å². The van der Waals surface area contributed by atoms with Crippen LogP contribution in [0.3, 0.4) is 0 Å². The van der Waals surface area contributed by atoms with Gasteiger partial charge in [-0.3, -0.25) is 14.5 Å². The summed E-state index contributed by atoms with van der Waals surface area (Å²) < 4.78 is 16.0. The Bertz CT molecular complexity index is 1300. The summed E-state index contributed by atoms with van der Waals surface area (Å²) in [5.74, 6) is -0.430. The van der Waals surface area contributed by atoms with E-state index in [4.69, 9.17) is 25.8 Å². The number of carbonyl (C=O) groups is 2. The fourth-order valence-corrected chi connectivity index (χ4v) is 4.31. The van der Waals surface area contributed by atoms with Crippen LogP contribution in [0.1, 0.15) is 17.2 Å². The van der Waals surface area contributed by atoms with Crippen molar-refractivity contribution in [3.8, 4) is 17.2 Å². The van der Waals surface area contributed by atoms with Crippen molar-refractivity contribution >= 4 is 34.7 Å². The van der Waals surface area contributed by atoms with E-state index < -0.39 is 17.7 Å². The second kappa shape index (κ2) is 8.18. The summed E-state index contributed by atoms with van der Waals surface area (Å²) in [5, 5.41) is 11.5. The number of carbonyl (C=O) groups excluding carboxylic acids is 2. The lowest BCUT2D eigenvalue weighted by Gasteiger charge is -2.25. The topological polar surface area (TPSA) is 85.3 Å². The molecule has 3 aromatic rings. The minimum Gasteiger partial charge on any atom is -0.507 e. The third-order valence-corrected chi connectivity index (χ3v) is 5.91. The molecule has 2 aliphatic heterocycles. The molecule has 0 aliphatic carbocycles. The maximum Gasteiger partial charge on any atom is 0.300 e. The number of nitrogens with zero attached hydrogens (tertiary/aromatic N) is 1. The summed E-state index contributed by atoms with van der Waals surface area (Å²) in [6.45, 7) is 0.0813. The largest absolute Gasteiger partial charge is 0.507 e. The van der Waals surface area contributed by atoms with Gasteiger partial charge in [-0.2, -0.15) is 0 Å². The molecule has 1 saturated heterocycles. The van der Waals surface area contributed by atoms with Gasteiger partial charge >= 0.3 is 0 Å². The third-order valence-electron chi connectivity index (χ3n) is 5.62. The number of hydrogen-bond donors (Lipinski definition) is 1. The van der Waals surface area contributed by atoms with Gasteiger partial charge in [-0.25, -0.2) is 0 Å². The lowest BCUT2D eigenvalue weighted by atomic mass is 9.95. The zero-order chi connectivity index (χ0) is 23.1. The fourth-order valence-electron chi connectivity index (χ4n) is 4.05. The molecule has 33 heavy (non-hydrogen) atoms. The molecule has 0 spiro atoms. The second-order valence-corrected chi connectivity index (χ2v) is 7.87. The van der Waals surface area contributed by atoms with E-state index in [1.807, 2.05) is 6.07 Å². The SMILES string of the molecule is COc1ccc(/C(O)=C2\C(=O)C(=O)N(c3ccc4c(c3)OCO4)C2c2ccccc2)cc1Cl. The summed E-state index contributed by atoms with van der Waals surface area (Å²) in [7, 11) is 1.48. The number of aliphatic hydroxyl groups excluding tert-OH is 1. The van der Waals surface area contributed by atoms with Crippen LogP contribution in [0.2, 0.25) is 5.02 Å². The van der Waals surface area contributed by atoms with Crippen molar-refractivity contribution in [1.29, 1.82) is 0 Å². The minimum atomic E-state index is -0.854. The van der Waals surface area contributed by atoms with E-state index in [9.17, 15) is 14.7 Å². The molecule has 8 heteroatoms. The summed E-state index contributed by atoms with van der Waals surface area (Å²) in [6.07, 6.45) is 0. The number of fused-ring (bicyclic) bond motifs is 1. The summed E-state index contributed by atoms with van der Waals surface area (Å²) in [6, 6.07) is 17.8. The quantitative estimate of drug-likeness (QED) is 0.343. The monoisotopic (exact) mass is 463 g/mol. The smallest absolute Gasteiger partial charge is 0.300 e. The Morgan fingerprint density at radius 1 is 1.03 bits per heavy atom. The number of ether oxygens (including phenoxy) is 3. The Labute approximate surface area is 194 Å². The molecule has 0 aromatic heterocycles. The number of ketones is 1. The molecule has 3 aromatic carbocycles. The number of methoxy groups -OCH3 is 1. The number of Topliss-reactive ketones (excluding diaryl/α,β-unsaturated/α-hetero) is 1. The van der Waals surface area contributed by atoms with Crippen LogP contribution in [-0.2, 0) is 9.59 Å². The van der Waals surface area contributed by atoms with Gasteiger partial charge in [-0.05, 0) is 35.9 Å². The Balaban J connectivity index is 1.69. The van der Waals surface area contributed by atoms with Crippen LogP contribution in [0.15, 0.2) is 72.3 Å². The average molecular weight is 464 g/mol. The molecule has 2 aliphatic rings. The minimum absolute atomic E-state index is 0.0369. The van der Waals surface area contributed by atoms with Gasteiger partial charge < -0.3 is 19.3 Å². The van der Waals surface area contributed by atoms with E-state index in [2.05, 4.69) is 0 Å². The summed E-state index contributed by atoms with van der Waals surface area (Å²) in [4.78, 5) is 27.8. The number of benzene rings is 3. The zero-order valence-electron chi connectivity index (χ0n) is 17.4. The molecule has 2 heterocycles. The molecule has 1 amide bonds. The number of hydrogen-bond acceptors (Lipinski definition) is 6. The molecule has 5 rings (SSSR count).